The number of nitrogens with zero attached hydrogens (tertiary/aromatic N) is 2. The van der Waals surface area contributed by atoms with Gasteiger partial charge in [0.1, 0.15) is 0 Å². The van der Waals surface area contributed by atoms with E-state index in [-0.39, 0.29) is 12.3 Å². The first-order valence-electron chi connectivity index (χ1n) is 9.19. The Morgan fingerprint density at radius 2 is 1.79 bits per heavy atom. The summed E-state index contributed by atoms with van der Waals surface area (Å²) < 4.78 is 1.80. The summed E-state index contributed by atoms with van der Waals surface area (Å²) in [5.41, 5.74) is 11.5. The number of rotatable bonds is 5. The summed E-state index contributed by atoms with van der Waals surface area (Å²) in [7, 11) is 0. The maximum Gasteiger partial charge on any atom is 0.248 e. The van der Waals surface area contributed by atoms with E-state index >= 15 is 0 Å². The number of nitrogens with one attached hydrogen (secondary N) is 1. The van der Waals surface area contributed by atoms with Gasteiger partial charge in [0.15, 0.2) is 0 Å². The maximum absolute atomic E-state index is 12.6. The number of halogens is 1. The average Bonchev–Trinajstić information content (AvgIpc) is 2.92. The molecule has 0 bridgehead atoms. The van der Waals surface area contributed by atoms with Crippen LogP contribution in [0.5, 0.6) is 0 Å². The van der Waals surface area contributed by atoms with Gasteiger partial charge in [-0.25, -0.2) is 4.68 Å². The lowest BCUT2D eigenvalue weighted by atomic mass is 10.1. The molecular formula is C22H23ClN4O2. The highest BCUT2D eigenvalue weighted by atomic mass is 35.5. The summed E-state index contributed by atoms with van der Waals surface area (Å²) in [6.07, 6.45) is 0.188. The SMILES string of the molecule is Cc1ccc(-n2nc(C)c(CC(=O)Nc3ccc(C(N)=O)c(C)c3)c2C)cc1Cl. The topological polar surface area (TPSA) is 90.0 Å². The van der Waals surface area contributed by atoms with E-state index in [1.54, 1.807) is 29.8 Å². The van der Waals surface area contributed by atoms with E-state index in [1.165, 1.54) is 0 Å². The molecule has 0 unspecified atom stereocenters. The molecule has 0 aliphatic heterocycles. The van der Waals surface area contributed by atoms with Crippen LogP contribution in [0.4, 0.5) is 5.69 Å². The predicted molar refractivity (Wildman–Crippen MR) is 115 cm³/mol. The molecule has 0 atom stereocenters. The number of carbonyl (C=O) groups excluding carboxylic acids is 2. The number of aromatic nitrogens is 2. The normalized spacial score (nSPS) is 10.8. The van der Waals surface area contributed by atoms with Gasteiger partial charge in [-0.05, 0) is 69.2 Å². The number of anilines is 1. The molecule has 29 heavy (non-hydrogen) atoms. The van der Waals surface area contributed by atoms with Gasteiger partial charge in [0, 0.05) is 27.5 Å². The van der Waals surface area contributed by atoms with Crippen molar-refractivity contribution in [2.24, 2.45) is 5.73 Å². The van der Waals surface area contributed by atoms with Crippen molar-refractivity contribution in [3.63, 3.8) is 0 Å². The highest BCUT2D eigenvalue weighted by Gasteiger charge is 2.17. The Kier molecular flexibility index (Phi) is 5.75. The molecule has 0 saturated carbocycles. The Bertz CT molecular complexity index is 1120. The number of hydrogen-bond donors (Lipinski definition) is 2. The van der Waals surface area contributed by atoms with Gasteiger partial charge in [-0.1, -0.05) is 17.7 Å². The Balaban J connectivity index is 1.81. The highest BCUT2D eigenvalue weighted by molar-refractivity contribution is 6.31. The van der Waals surface area contributed by atoms with Gasteiger partial charge < -0.3 is 11.1 Å². The van der Waals surface area contributed by atoms with E-state index in [4.69, 9.17) is 17.3 Å². The lowest BCUT2D eigenvalue weighted by Crippen LogP contribution is -2.17. The molecule has 2 aromatic carbocycles. The van der Waals surface area contributed by atoms with Crippen LogP contribution in [0, 0.1) is 27.7 Å². The van der Waals surface area contributed by atoms with Crippen molar-refractivity contribution < 1.29 is 9.59 Å². The molecule has 3 aromatic rings. The second-order valence-corrected chi connectivity index (χ2v) is 7.52. The minimum atomic E-state index is -0.491. The minimum Gasteiger partial charge on any atom is -0.366 e. The molecule has 6 nitrogen and oxygen atoms in total. The van der Waals surface area contributed by atoms with E-state index < -0.39 is 5.91 Å². The van der Waals surface area contributed by atoms with Gasteiger partial charge in [-0.15, -0.1) is 0 Å². The van der Waals surface area contributed by atoms with E-state index in [0.29, 0.717) is 21.8 Å². The summed E-state index contributed by atoms with van der Waals surface area (Å²) in [6, 6.07) is 10.8. The van der Waals surface area contributed by atoms with Crippen LogP contribution in [0.1, 0.15) is 38.4 Å². The zero-order valence-electron chi connectivity index (χ0n) is 16.8. The smallest absolute Gasteiger partial charge is 0.248 e. The second kappa shape index (κ2) is 8.09. The molecule has 2 amide bonds. The average molecular weight is 411 g/mol. The Morgan fingerprint density at radius 1 is 1.07 bits per heavy atom. The van der Waals surface area contributed by atoms with Crippen molar-refractivity contribution >= 4 is 29.1 Å². The van der Waals surface area contributed by atoms with Crippen molar-refractivity contribution in [2.45, 2.75) is 34.1 Å². The van der Waals surface area contributed by atoms with Crippen LogP contribution in [-0.4, -0.2) is 21.6 Å². The molecule has 1 heterocycles. The molecule has 0 fully saturated rings. The molecule has 0 aliphatic carbocycles. The summed E-state index contributed by atoms with van der Waals surface area (Å²) in [6.45, 7) is 7.54. The molecule has 3 rings (SSSR count). The van der Waals surface area contributed by atoms with Gasteiger partial charge in [-0.3, -0.25) is 9.59 Å². The van der Waals surface area contributed by atoms with E-state index in [0.717, 1.165) is 28.2 Å². The molecule has 0 aliphatic rings. The first-order valence-corrected chi connectivity index (χ1v) is 9.57. The van der Waals surface area contributed by atoms with Crippen LogP contribution >= 0.6 is 11.6 Å². The zero-order chi connectivity index (χ0) is 21.3. The van der Waals surface area contributed by atoms with Gasteiger partial charge in [-0.2, -0.15) is 5.10 Å². The molecule has 3 N–H and O–H groups in total. The van der Waals surface area contributed by atoms with Gasteiger partial charge >= 0.3 is 0 Å². The second-order valence-electron chi connectivity index (χ2n) is 7.11. The maximum atomic E-state index is 12.6. The minimum absolute atomic E-state index is 0.163. The highest BCUT2D eigenvalue weighted by Crippen LogP contribution is 2.23. The Labute approximate surface area is 174 Å². The number of carbonyl (C=O) groups is 2. The van der Waals surface area contributed by atoms with Gasteiger partial charge in [0.25, 0.3) is 0 Å². The zero-order valence-corrected chi connectivity index (χ0v) is 17.6. The first-order chi connectivity index (χ1) is 13.7. The van der Waals surface area contributed by atoms with Gasteiger partial charge in [0.2, 0.25) is 11.8 Å². The van der Waals surface area contributed by atoms with Crippen LogP contribution in [0.15, 0.2) is 36.4 Å². The summed E-state index contributed by atoms with van der Waals surface area (Å²) in [5.74, 6) is -0.654. The molecule has 150 valence electrons. The van der Waals surface area contributed by atoms with Gasteiger partial charge in [0.05, 0.1) is 17.8 Å². The van der Waals surface area contributed by atoms with E-state index in [9.17, 15) is 9.59 Å². The fourth-order valence-electron chi connectivity index (χ4n) is 3.28. The largest absolute Gasteiger partial charge is 0.366 e. The van der Waals surface area contributed by atoms with Crippen molar-refractivity contribution in [1.82, 2.24) is 9.78 Å². The summed E-state index contributed by atoms with van der Waals surface area (Å²) in [4.78, 5) is 23.9. The lowest BCUT2D eigenvalue weighted by Gasteiger charge is -2.09. The van der Waals surface area contributed by atoms with Crippen molar-refractivity contribution in [1.29, 1.82) is 0 Å². The third kappa shape index (κ3) is 4.32. The Morgan fingerprint density at radius 3 is 2.41 bits per heavy atom. The molecule has 0 radical (unpaired) electrons. The van der Waals surface area contributed by atoms with Crippen molar-refractivity contribution in [3.05, 3.63) is 75.1 Å². The van der Waals surface area contributed by atoms with Crippen molar-refractivity contribution in [2.75, 3.05) is 5.32 Å². The third-order valence-corrected chi connectivity index (χ3v) is 5.36. The number of nitrogens with two attached hydrogens (primary N) is 1. The quantitative estimate of drug-likeness (QED) is 0.665. The van der Waals surface area contributed by atoms with E-state index in [1.807, 2.05) is 39.0 Å². The van der Waals surface area contributed by atoms with Crippen LogP contribution in [-0.2, 0) is 11.2 Å². The number of hydrogen-bond acceptors (Lipinski definition) is 3. The van der Waals surface area contributed by atoms with Crippen LogP contribution < -0.4 is 11.1 Å². The van der Waals surface area contributed by atoms with Crippen LogP contribution in [0.3, 0.4) is 0 Å². The third-order valence-electron chi connectivity index (χ3n) is 4.95. The molecule has 1 aromatic heterocycles. The number of amides is 2. The number of primary amides is 1. The molecule has 0 saturated heterocycles. The van der Waals surface area contributed by atoms with Crippen molar-refractivity contribution in [3.8, 4) is 5.69 Å². The fourth-order valence-corrected chi connectivity index (χ4v) is 3.45. The summed E-state index contributed by atoms with van der Waals surface area (Å²) >= 11 is 6.25. The Hall–Kier alpha value is -3.12. The lowest BCUT2D eigenvalue weighted by molar-refractivity contribution is -0.115. The molecule has 0 spiro atoms. The van der Waals surface area contributed by atoms with Crippen LogP contribution in [0.2, 0.25) is 5.02 Å². The predicted octanol–water partition coefficient (Wildman–Crippen LogP) is 4.04. The van der Waals surface area contributed by atoms with E-state index in [2.05, 4.69) is 10.4 Å². The number of aryl methyl sites for hydroxylation is 3. The monoisotopic (exact) mass is 410 g/mol. The molecule has 7 heteroatoms. The molecular weight excluding hydrogens is 388 g/mol. The standard InChI is InChI=1S/C22H23ClN4O2/c1-12-5-7-17(10-20(12)23)27-15(4)19(14(3)26-27)11-21(28)25-16-6-8-18(22(24)29)13(2)9-16/h5-10H,11H2,1-4H3,(H2,24,29)(H,25,28). The fraction of sp³-hybridized carbons (Fsp3) is 0.227. The van der Waals surface area contributed by atoms with Crippen LogP contribution in [0.25, 0.3) is 5.69 Å². The first kappa shape index (κ1) is 20.6. The summed E-state index contributed by atoms with van der Waals surface area (Å²) in [5, 5.41) is 8.12. The number of benzene rings is 2.